The number of carbonyl (C=O) groups excluding carboxylic acids is 1. The van der Waals surface area contributed by atoms with Gasteiger partial charge < -0.3 is 4.90 Å². The average Bonchev–Trinajstić information content (AvgIpc) is 3.28. The van der Waals surface area contributed by atoms with Gasteiger partial charge in [0.15, 0.2) is 0 Å². The van der Waals surface area contributed by atoms with Crippen LogP contribution in [0, 0.1) is 0 Å². The number of thiazole rings is 1. The number of aryl methyl sites for hydroxylation is 1. The molecule has 158 valence electrons. The monoisotopic (exact) mass is 438 g/mol. The van der Waals surface area contributed by atoms with Crippen LogP contribution in [0.25, 0.3) is 10.6 Å². The van der Waals surface area contributed by atoms with E-state index in [4.69, 9.17) is 0 Å². The number of piperazine rings is 1. The van der Waals surface area contributed by atoms with E-state index in [1.807, 2.05) is 13.2 Å². The largest absolute Gasteiger partial charge is 0.335 e. The molecule has 0 aliphatic carbocycles. The summed E-state index contributed by atoms with van der Waals surface area (Å²) in [5, 5.41) is 6.64. The van der Waals surface area contributed by atoms with Gasteiger partial charge in [-0.15, -0.1) is 11.3 Å². The minimum Gasteiger partial charge on any atom is -0.335 e. The van der Waals surface area contributed by atoms with Crippen molar-refractivity contribution in [3.8, 4) is 10.6 Å². The van der Waals surface area contributed by atoms with E-state index in [1.54, 1.807) is 25.5 Å². The number of hydrogen-bond donors (Lipinski definition) is 0. The van der Waals surface area contributed by atoms with E-state index in [-0.39, 0.29) is 5.91 Å². The Bertz CT molecular complexity index is 954. The zero-order valence-corrected chi connectivity index (χ0v) is 18.2. The second-order valence-electron chi connectivity index (χ2n) is 7.45. The van der Waals surface area contributed by atoms with Gasteiger partial charge in [-0.1, -0.05) is 12.8 Å². The molecular weight excluding hydrogens is 412 g/mol. The van der Waals surface area contributed by atoms with Gasteiger partial charge in [-0.05, 0) is 12.8 Å². The number of aromatic nitrogens is 3. The van der Waals surface area contributed by atoms with Crippen molar-refractivity contribution in [2.45, 2.75) is 25.7 Å². The van der Waals surface area contributed by atoms with Crippen LogP contribution in [0.2, 0.25) is 0 Å². The molecule has 0 N–H and O–H groups in total. The van der Waals surface area contributed by atoms with Crippen LogP contribution in [-0.2, 0) is 17.3 Å². The fraction of sp³-hybridized carbons (Fsp3) is 0.611. The van der Waals surface area contributed by atoms with Gasteiger partial charge in [-0.3, -0.25) is 9.48 Å². The van der Waals surface area contributed by atoms with Crippen molar-refractivity contribution in [3.05, 3.63) is 23.5 Å². The van der Waals surface area contributed by atoms with E-state index in [9.17, 15) is 13.2 Å². The molecule has 2 fully saturated rings. The summed E-state index contributed by atoms with van der Waals surface area (Å²) < 4.78 is 30.7. The second-order valence-corrected chi connectivity index (χ2v) is 10.2. The Labute approximate surface area is 175 Å². The van der Waals surface area contributed by atoms with E-state index < -0.39 is 10.2 Å². The molecule has 4 heterocycles. The normalized spacial score (nSPS) is 20.0. The predicted molar refractivity (Wildman–Crippen MR) is 111 cm³/mol. The van der Waals surface area contributed by atoms with Gasteiger partial charge in [0.1, 0.15) is 10.7 Å². The van der Waals surface area contributed by atoms with Crippen LogP contribution in [0.5, 0.6) is 0 Å². The maximum Gasteiger partial charge on any atom is 0.282 e. The molecule has 4 rings (SSSR count). The van der Waals surface area contributed by atoms with Crippen molar-refractivity contribution >= 4 is 27.5 Å². The molecule has 0 bridgehead atoms. The number of amides is 1. The van der Waals surface area contributed by atoms with Gasteiger partial charge in [-0.25, -0.2) is 4.98 Å². The third-order valence-electron chi connectivity index (χ3n) is 5.42. The first kappa shape index (κ1) is 20.5. The fourth-order valence-electron chi connectivity index (χ4n) is 3.76. The van der Waals surface area contributed by atoms with E-state index in [1.165, 1.54) is 15.6 Å². The number of hydrogen-bond acceptors (Lipinski definition) is 6. The molecule has 9 nitrogen and oxygen atoms in total. The van der Waals surface area contributed by atoms with Crippen molar-refractivity contribution in [2.75, 3.05) is 39.3 Å². The second kappa shape index (κ2) is 8.50. The SMILES string of the molecule is Cn1cc(-c2nc(C(=O)N3CCN(S(=O)(=O)N4CCCCCC4)CC3)cs2)cn1. The first-order chi connectivity index (χ1) is 13.9. The Balaban J connectivity index is 1.38. The Morgan fingerprint density at radius 2 is 1.66 bits per heavy atom. The van der Waals surface area contributed by atoms with Crippen molar-refractivity contribution in [1.82, 2.24) is 28.3 Å². The van der Waals surface area contributed by atoms with E-state index in [0.29, 0.717) is 45.0 Å². The molecule has 11 heteroatoms. The third kappa shape index (κ3) is 4.37. The van der Waals surface area contributed by atoms with Gasteiger partial charge in [0.2, 0.25) is 0 Å². The molecule has 0 saturated carbocycles. The van der Waals surface area contributed by atoms with E-state index in [0.717, 1.165) is 36.3 Å². The molecule has 2 aliphatic rings. The Hall–Kier alpha value is -1.82. The number of rotatable bonds is 4. The van der Waals surface area contributed by atoms with Crippen LogP contribution in [0.4, 0.5) is 0 Å². The topological polar surface area (TPSA) is 91.6 Å². The first-order valence-corrected chi connectivity index (χ1v) is 12.2. The summed E-state index contributed by atoms with van der Waals surface area (Å²) in [7, 11) is -1.61. The molecule has 2 aliphatic heterocycles. The van der Waals surface area contributed by atoms with Crippen LogP contribution < -0.4 is 0 Å². The van der Waals surface area contributed by atoms with Crippen molar-refractivity contribution < 1.29 is 13.2 Å². The molecule has 29 heavy (non-hydrogen) atoms. The lowest BCUT2D eigenvalue weighted by Crippen LogP contribution is -2.54. The van der Waals surface area contributed by atoms with Gasteiger partial charge >= 0.3 is 0 Å². The molecule has 0 unspecified atom stereocenters. The maximum atomic E-state index is 12.9. The Morgan fingerprint density at radius 1 is 1.00 bits per heavy atom. The third-order valence-corrected chi connectivity index (χ3v) is 8.35. The maximum absolute atomic E-state index is 12.9. The van der Waals surface area contributed by atoms with Crippen LogP contribution in [0.1, 0.15) is 36.2 Å². The van der Waals surface area contributed by atoms with E-state index in [2.05, 4.69) is 10.1 Å². The highest BCUT2D eigenvalue weighted by atomic mass is 32.2. The Morgan fingerprint density at radius 3 is 2.28 bits per heavy atom. The van der Waals surface area contributed by atoms with Gasteiger partial charge in [0.25, 0.3) is 16.1 Å². The van der Waals surface area contributed by atoms with Crippen molar-refractivity contribution in [2.24, 2.45) is 7.05 Å². The van der Waals surface area contributed by atoms with Gasteiger partial charge in [-0.2, -0.15) is 22.1 Å². The summed E-state index contributed by atoms with van der Waals surface area (Å²) in [5.41, 5.74) is 1.28. The fourth-order valence-corrected chi connectivity index (χ4v) is 6.20. The summed E-state index contributed by atoms with van der Waals surface area (Å²) in [4.78, 5) is 19.0. The minimum absolute atomic E-state index is 0.150. The lowest BCUT2D eigenvalue weighted by atomic mass is 10.2. The molecule has 2 aromatic heterocycles. The number of carbonyl (C=O) groups is 1. The highest BCUT2D eigenvalue weighted by Gasteiger charge is 2.34. The van der Waals surface area contributed by atoms with Crippen LogP contribution in [0.3, 0.4) is 0 Å². The molecular formula is C18H26N6O3S2. The van der Waals surface area contributed by atoms with Gasteiger partial charge in [0, 0.05) is 63.5 Å². The summed E-state index contributed by atoms with van der Waals surface area (Å²) in [6.45, 7) is 2.60. The molecule has 0 radical (unpaired) electrons. The Kier molecular flexibility index (Phi) is 6.00. The van der Waals surface area contributed by atoms with Crippen LogP contribution in [0.15, 0.2) is 17.8 Å². The molecule has 2 saturated heterocycles. The lowest BCUT2D eigenvalue weighted by molar-refractivity contribution is 0.0689. The smallest absolute Gasteiger partial charge is 0.282 e. The molecule has 0 spiro atoms. The van der Waals surface area contributed by atoms with Crippen molar-refractivity contribution in [3.63, 3.8) is 0 Å². The molecule has 1 amide bonds. The van der Waals surface area contributed by atoms with Crippen LogP contribution >= 0.6 is 11.3 Å². The highest BCUT2D eigenvalue weighted by molar-refractivity contribution is 7.86. The molecule has 0 atom stereocenters. The quantitative estimate of drug-likeness (QED) is 0.720. The zero-order valence-electron chi connectivity index (χ0n) is 16.5. The summed E-state index contributed by atoms with van der Waals surface area (Å²) in [6.07, 6.45) is 7.59. The molecule has 2 aromatic rings. The summed E-state index contributed by atoms with van der Waals surface area (Å²) >= 11 is 1.41. The summed E-state index contributed by atoms with van der Waals surface area (Å²) in [6, 6.07) is 0. The van der Waals surface area contributed by atoms with Crippen LogP contribution in [-0.4, -0.2) is 81.9 Å². The van der Waals surface area contributed by atoms with Crippen molar-refractivity contribution in [1.29, 1.82) is 0 Å². The van der Waals surface area contributed by atoms with E-state index >= 15 is 0 Å². The van der Waals surface area contributed by atoms with Gasteiger partial charge in [0.05, 0.1) is 6.20 Å². The average molecular weight is 439 g/mol. The lowest BCUT2D eigenvalue weighted by Gasteiger charge is -2.36. The minimum atomic E-state index is -3.45. The highest BCUT2D eigenvalue weighted by Crippen LogP contribution is 2.24. The first-order valence-electron chi connectivity index (χ1n) is 9.94. The molecule has 0 aromatic carbocycles. The summed E-state index contributed by atoms with van der Waals surface area (Å²) in [5.74, 6) is -0.150. The predicted octanol–water partition coefficient (Wildman–Crippen LogP) is 1.42. The zero-order chi connectivity index (χ0) is 20.4. The number of nitrogens with zero attached hydrogens (tertiary/aromatic N) is 6. The standard InChI is InChI=1S/C18H26N6O3S2/c1-21-13-15(12-19-21)17-20-16(14-28-17)18(25)22-8-10-24(11-9-22)29(26,27)23-6-4-2-3-5-7-23/h12-14H,2-11H2,1H3.